The number of halogens is 1. The van der Waals surface area contributed by atoms with Crippen LogP contribution in [0.2, 0.25) is 0 Å². The van der Waals surface area contributed by atoms with Gasteiger partial charge in [0.15, 0.2) is 12.4 Å². The Hall–Kier alpha value is -1.30. The van der Waals surface area contributed by atoms with Crippen molar-refractivity contribution in [1.82, 2.24) is 4.98 Å². The van der Waals surface area contributed by atoms with Crippen molar-refractivity contribution in [2.45, 2.75) is 13.8 Å². The zero-order valence-electron chi connectivity index (χ0n) is 10.6. The fourth-order valence-corrected chi connectivity index (χ4v) is 2.48. The Labute approximate surface area is 122 Å². The number of fused-ring (bicyclic) bond motifs is 3. The van der Waals surface area contributed by atoms with E-state index < -0.39 is 0 Å². The first-order valence-electron chi connectivity index (χ1n) is 5.68. The van der Waals surface area contributed by atoms with Crippen molar-refractivity contribution in [2.75, 3.05) is 0 Å². The summed E-state index contributed by atoms with van der Waals surface area (Å²) in [4.78, 5) is 3.40. The number of aromatic hydroxyl groups is 1. The van der Waals surface area contributed by atoms with E-state index in [1.54, 1.807) is 0 Å². The van der Waals surface area contributed by atoms with Crippen molar-refractivity contribution in [1.29, 1.82) is 0 Å². The van der Waals surface area contributed by atoms with Crippen LogP contribution in [0.3, 0.4) is 0 Å². The predicted molar refractivity (Wildman–Crippen MR) is 68.1 cm³/mol. The van der Waals surface area contributed by atoms with E-state index in [1.807, 2.05) is 37.7 Å². The Bertz CT molecular complexity index is 746. The van der Waals surface area contributed by atoms with Crippen molar-refractivity contribution in [3.63, 3.8) is 0 Å². The minimum absolute atomic E-state index is 0. The number of H-pyrrole nitrogens is 1. The lowest BCUT2D eigenvalue weighted by molar-refractivity contribution is -0.670. The van der Waals surface area contributed by atoms with Crippen LogP contribution in [0.1, 0.15) is 11.1 Å². The number of phenols is 1. The van der Waals surface area contributed by atoms with Crippen LogP contribution in [0, 0.1) is 13.8 Å². The number of nitrogens with one attached hydrogen (secondary N) is 1. The summed E-state index contributed by atoms with van der Waals surface area (Å²) in [6.07, 6.45) is 4.08. The van der Waals surface area contributed by atoms with E-state index >= 15 is 0 Å². The molecule has 0 saturated carbocycles. The molecule has 3 rings (SSSR count). The number of pyridine rings is 1. The number of hydrogen-bond acceptors (Lipinski definition) is 1. The summed E-state index contributed by atoms with van der Waals surface area (Å²) in [6, 6.07) is 4.08. The molecule has 0 saturated heterocycles. The van der Waals surface area contributed by atoms with Gasteiger partial charge in [-0.15, -0.1) is 0 Å². The van der Waals surface area contributed by atoms with Crippen molar-refractivity contribution < 1.29 is 33.7 Å². The van der Waals surface area contributed by atoms with Gasteiger partial charge in [0.05, 0.1) is 0 Å². The Morgan fingerprint density at radius 3 is 2.67 bits per heavy atom. The summed E-state index contributed by atoms with van der Waals surface area (Å²) in [5.41, 5.74) is 4.03. The molecule has 0 amide bonds. The third-order valence-electron chi connectivity index (χ3n) is 3.37. The molecule has 0 unspecified atom stereocenters. The molecule has 94 valence electrons. The van der Waals surface area contributed by atoms with Crippen molar-refractivity contribution in [3.8, 4) is 5.75 Å². The molecule has 0 aliphatic carbocycles. The number of aromatic nitrogens is 2. The summed E-state index contributed by atoms with van der Waals surface area (Å²) in [6.45, 7) is 3.89. The van der Waals surface area contributed by atoms with Crippen LogP contribution in [0.15, 0.2) is 24.5 Å². The van der Waals surface area contributed by atoms with Gasteiger partial charge in [0.1, 0.15) is 18.3 Å². The number of nitrogens with zero attached hydrogens (tertiary/aromatic N) is 1. The maximum atomic E-state index is 10.0. The van der Waals surface area contributed by atoms with Gasteiger partial charge in [0.25, 0.3) is 0 Å². The maximum Gasteiger partial charge on any atom is 0.192 e. The maximum absolute atomic E-state index is 10.0. The molecule has 18 heavy (non-hydrogen) atoms. The van der Waals surface area contributed by atoms with E-state index in [9.17, 15) is 5.11 Å². The molecule has 0 bridgehead atoms. The lowest BCUT2D eigenvalue weighted by atomic mass is 10.0. The second-order valence-electron chi connectivity index (χ2n) is 4.65. The highest BCUT2D eigenvalue weighted by molar-refractivity contribution is 6.09. The summed E-state index contributed by atoms with van der Waals surface area (Å²) in [5.74, 6) is 0.395. The summed E-state index contributed by atoms with van der Waals surface area (Å²) >= 11 is 0. The Morgan fingerprint density at radius 2 is 1.94 bits per heavy atom. The van der Waals surface area contributed by atoms with Crippen LogP contribution in [-0.4, -0.2) is 10.1 Å². The normalized spacial score (nSPS) is 10.8. The van der Waals surface area contributed by atoms with Gasteiger partial charge >= 0.3 is 0 Å². The molecule has 0 spiro atoms. The average molecular weight is 354 g/mol. The van der Waals surface area contributed by atoms with E-state index in [0.29, 0.717) is 5.75 Å². The second kappa shape index (κ2) is 4.42. The van der Waals surface area contributed by atoms with Gasteiger partial charge in [0.2, 0.25) is 0 Å². The highest BCUT2D eigenvalue weighted by atomic mass is 127. The second-order valence-corrected chi connectivity index (χ2v) is 4.65. The van der Waals surface area contributed by atoms with Gasteiger partial charge in [-0.2, -0.15) is 0 Å². The highest BCUT2D eigenvalue weighted by Crippen LogP contribution is 2.34. The van der Waals surface area contributed by atoms with E-state index in [2.05, 4.69) is 17.2 Å². The largest absolute Gasteiger partial charge is 1.00 e. The van der Waals surface area contributed by atoms with Crippen LogP contribution in [0.4, 0.5) is 0 Å². The molecular weight excluding hydrogens is 339 g/mol. The number of hydrogen-bond donors (Lipinski definition) is 2. The third kappa shape index (κ3) is 1.75. The molecule has 0 fully saturated rings. The number of rotatable bonds is 0. The molecule has 0 aliphatic rings. The number of benzene rings is 1. The summed E-state index contributed by atoms with van der Waals surface area (Å²) in [5, 5.41) is 12.3. The SMILES string of the molecule is Cc1cc2[nH]c3c[n+](C)ccc3c2c(C)c1O.[I-]. The molecule has 1 aromatic carbocycles. The molecule has 0 radical (unpaired) electrons. The number of aromatic amines is 1. The van der Waals surface area contributed by atoms with Crippen LogP contribution in [-0.2, 0) is 7.05 Å². The fourth-order valence-electron chi connectivity index (χ4n) is 2.48. The number of aryl methyl sites for hydroxylation is 3. The zero-order chi connectivity index (χ0) is 12.2. The van der Waals surface area contributed by atoms with Crippen LogP contribution in [0.25, 0.3) is 21.8 Å². The minimum atomic E-state index is 0. The third-order valence-corrected chi connectivity index (χ3v) is 3.37. The van der Waals surface area contributed by atoms with Crippen LogP contribution >= 0.6 is 0 Å². The molecule has 2 aromatic heterocycles. The smallest absolute Gasteiger partial charge is 0.192 e. The van der Waals surface area contributed by atoms with Gasteiger partial charge in [-0.25, -0.2) is 4.57 Å². The van der Waals surface area contributed by atoms with Gasteiger partial charge in [-0.3, -0.25) is 0 Å². The molecule has 4 heteroatoms. The average Bonchev–Trinajstić information content (AvgIpc) is 2.63. The van der Waals surface area contributed by atoms with E-state index in [4.69, 9.17) is 0 Å². The van der Waals surface area contributed by atoms with Crippen LogP contribution < -0.4 is 28.5 Å². The first-order chi connectivity index (χ1) is 8.08. The topological polar surface area (TPSA) is 39.9 Å². The zero-order valence-corrected chi connectivity index (χ0v) is 12.7. The highest BCUT2D eigenvalue weighted by Gasteiger charge is 2.13. The van der Waals surface area contributed by atoms with Gasteiger partial charge in [-0.1, -0.05) is 0 Å². The molecule has 3 nitrogen and oxygen atoms in total. The van der Waals surface area contributed by atoms with Gasteiger partial charge < -0.3 is 34.1 Å². The molecule has 3 aromatic rings. The molecule has 2 N–H and O–H groups in total. The van der Waals surface area contributed by atoms with Crippen molar-refractivity contribution in [2.24, 2.45) is 7.05 Å². The van der Waals surface area contributed by atoms with Crippen LogP contribution in [0.5, 0.6) is 5.75 Å². The molecule has 2 heterocycles. The minimum Gasteiger partial charge on any atom is -1.00 e. The standard InChI is InChI=1S/C14H14N2O.HI/c1-8-6-11-13(9(2)14(8)17)10-4-5-16(3)7-12(10)15-11;/h4-7,17H,1-3H3;1H. The summed E-state index contributed by atoms with van der Waals surface area (Å²) in [7, 11) is 2.00. The predicted octanol–water partition coefficient (Wildman–Crippen LogP) is -0.528. The molecular formula is C14H15IN2O. The van der Waals surface area contributed by atoms with Gasteiger partial charge in [-0.05, 0) is 25.5 Å². The summed E-state index contributed by atoms with van der Waals surface area (Å²) < 4.78 is 2.01. The Morgan fingerprint density at radius 1 is 1.22 bits per heavy atom. The van der Waals surface area contributed by atoms with Gasteiger partial charge in [0, 0.05) is 27.9 Å². The quantitative estimate of drug-likeness (QED) is 0.414. The monoisotopic (exact) mass is 354 g/mol. The molecule has 0 aliphatic heterocycles. The van der Waals surface area contributed by atoms with E-state index in [-0.39, 0.29) is 24.0 Å². The fraction of sp³-hybridized carbons (Fsp3) is 0.214. The first-order valence-corrected chi connectivity index (χ1v) is 5.68. The van der Waals surface area contributed by atoms with Crippen molar-refractivity contribution in [3.05, 3.63) is 35.7 Å². The Kier molecular flexibility index (Phi) is 3.23. The lowest BCUT2D eigenvalue weighted by Crippen LogP contribution is -3.00. The first kappa shape index (κ1) is 13.1. The number of phenolic OH excluding ortho intramolecular Hbond substituents is 1. The lowest BCUT2D eigenvalue weighted by Gasteiger charge is -2.04. The van der Waals surface area contributed by atoms with Crippen molar-refractivity contribution >= 4 is 21.8 Å². The Balaban J connectivity index is 0.00000120. The van der Waals surface area contributed by atoms with E-state index in [1.165, 1.54) is 0 Å². The van der Waals surface area contributed by atoms with E-state index in [0.717, 1.165) is 32.9 Å². The molecule has 0 atom stereocenters.